The van der Waals surface area contributed by atoms with Gasteiger partial charge in [0.05, 0.1) is 11.6 Å². The SMILES string of the molecule is CCCCCC1CCC(C(C)c2cnc(-c3ccccc3)nc2)CC1.CCCCCc1cccc(C#N)c1. The monoisotopic (exact) mass is 509 g/mol. The van der Waals surface area contributed by atoms with Crippen molar-refractivity contribution in [2.24, 2.45) is 11.8 Å². The molecule has 0 saturated heterocycles. The Kier molecular flexibility index (Phi) is 13.0. The summed E-state index contributed by atoms with van der Waals surface area (Å²) >= 11 is 0. The molecule has 0 aliphatic heterocycles. The fourth-order valence-electron chi connectivity index (χ4n) is 5.62. The van der Waals surface area contributed by atoms with Crippen molar-refractivity contribution < 1.29 is 0 Å². The molecule has 1 aliphatic carbocycles. The van der Waals surface area contributed by atoms with Crippen LogP contribution in [0.25, 0.3) is 11.4 Å². The van der Waals surface area contributed by atoms with Gasteiger partial charge >= 0.3 is 0 Å². The molecule has 1 unspecified atom stereocenters. The van der Waals surface area contributed by atoms with Crippen LogP contribution in [0.15, 0.2) is 67.0 Å². The summed E-state index contributed by atoms with van der Waals surface area (Å²) in [7, 11) is 0. The van der Waals surface area contributed by atoms with Crippen molar-refractivity contribution in [3.63, 3.8) is 0 Å². The van der Waals surface area contributed by atoms with E-state index in [0.717, 1.165) is 35.2 Å². The quantitative estimate of drug-likeness (QED) is 0.242. The second kappa shape index (κ2) is 16.8. The van der Waals surface area contributed by atoms with E-state index in [2.05, 4.69) is 55.0 Å². The molecule has 202 valence electrons. The summed E-state index contributed by atoms with van der Waals surface area (Å²) in [6.07, 6.45) is 20.1. The highest BCUT2D eigenvalue weighted by Crippen LogP contribution is 2.39. The lowest BCUT2D eigenvalue weighted by Crippen LogP contribution is -2.19. The van der Waals surface area contributed by atoms with Crippen molar-refractivity contribution in [1.29, 1.82) is 5.26 Å². The first-order chi connectivity index (χ1) is 18.6. The molecule has 3 heteroatoms. The molecule has 0 bridgehead atoms. The van der Waals surface area contributed by atoms with Gasteiger partial charge in [-0.15, -0.1) is 0 Å². The second-order valence-corrected chi connectivity index (χ2v) is 11.0. The van der Waals surface area contributed by atoms with Gasteiger partial charge < -0.3 is 0 Å². The van der Waals surface area contributed by atoms with Crippen molar-refractivity contribution in [3.05, 3.63) is 83.7 Å². The number of nitriles is 1. The largest absolute Gasteiger partial charge is 0.236 e. The average molecular weight is 510 g/mol. The summed E-state index contributed by atoms with van der Waals surface area (Å²) in [4.78, 5) is 9.24. The first-order valence-electron chi connectivity index (χ1n) is 15.0. The normalized spacial score (nSPS) is 17.6. The summed E-state index contributed by atoms with van der Waals surface area (Å²) in [6.45, 7) is 6.86. The molecule has 4 rings (SSSR count). The van der Waals surface area contributed by atoms with E-state index in [1.807, 2.05) is 48.8 Å². The Labute approximate surface area is 231 Å². The summed E-state index contributed by atoms with van der Waals surface area (Å²) in [5, 5.41) is 8.68. The molecule has 1 saturated carbocycles. The summed E-state index contributed by atoms with van der Waals surface area (Å²) < 4.78 is 0. The van der Waals surface area contributed by atoms with Crippen LogP contribution < -0.4 is 0 Å². The highest BCUT2D eigenvalue weighted by molar-refractivity contribution is 5.54. The highest BCUT2D eigenvalue weighted by atomic mass is 14.9. The number of hydrogen-bond acceptors (Lipinski definition) is 3. The van der Waals surface area contributed by atoms with Gasteiger partial charge in [-0.25, -0.2) is 9.97 Å². The van der Waals surface area contributed by atoms with Gasteiger partial charge in [-0.1, -0.05) is 115 Å². The first kappa shape index (κ1) is 29.6. The molecular formula is C35H47N3. The molecule has 1 heterocycles. The van der Waals surface area contributed by atoms with Gasteiger partial charge in [-0.2, -0.15) is 5.26 Å². The number of benzene rings is 2. The Hall–Kier alpha value is -2.99. The van der Waals surface area contributed by atoms with Crippen molar-refractivity contribution in [2.45, 2.75) is 104 Å². The Morgan fingerprint density at radius 3 is 2.18 bits per heavy atom. The summed E-state index contributed by atoms with van der Waals surface area (Å²) in [5.74, 6) is 3.18. The number of aromatic nitrogens is 2. The first-order valence-corrected chi connectivity index (χ1v) is 15.0. The fraction of sp³-hybridized carbons (Fsp3) is 0.514. The lowest BCUT2D eigenvalue weighted by molar-refractivity contribution is 0.236. The third-order valence-electron chi connectivity index (χ3n) is 8.17. The van der Waals surface area contributed by atoms with Gasteiger partial charge in [0.15, 0.2) is 5.82 Å². The van der Waals surface area contributed by atoms with Crippen LogP contribution in [0, 0.1) is 23.2 Å². The predicted octanol–water partition coefficient (Wildman–Crippen LogP) is 9.92. The molecule has 1 aromatic heterocycles. The smallest absolute Gasteiger partial charge is 0.159 e. The van der Waals surface area contributed by atoms with E-state index in [1.54, 1.807) is 0 Å². The zero-order chi connectivity index (χ0) is 27.0. The van der Waals surface area contributed by atoms with E-state index in [4.69, 9.17) is 5.26 Å². The van der Waals surface area contributed by atoms with E-state index >= 15 is 0 Å². The highest BCUT2D eigenvalue weighted by Gasteiger charge is 2.26. The minimum absolute atomic E-state index is 0.571. The van der Waals surface area contributed by atoms with Crippen molar-refractivity contribution in [1.82, 2.24) is 9.97 Å². The number of nitrogens with zero attached hydrogens (tertiary/aromatic N) is 3. The maximum atomic E-state index is 8.68. The predicted molar refractivity (Wildman–Crippen MR) is 160 cm³/mol. The Balaban J connectivity index is 0.000000260. The molecule has 3 nitrogen and oxygen atoms in total. The minimum atomic E-state index is 0.571. The van der Waals surface area contributed by atoms with Crippen molar-refractivity contribution in [2.75, 3.05) is 0 Å². The van der Waals surface area contributed by atoms with Gasteiger partial charge in [0.1, 0.15) is 0 Å². The minimum Gasteiger partial charge on any atom is -0.236 e. The lowest BCUT2D eigenvalue weighted by atomic mass is 9.73. The molecule has 0 radical (unpaired) electrons. The molecule has 0 amide bonds. The van der Waals surface area contributed by atoms with Gasteiger partial charge in [-0.3, -0.25) is 0 Å². The topological polar surface area (TPSA) is 49.6 Å². The van der Waals surface area contributed by atoms with Crippen LogP contribution in [0.2, 0.25) is 0 Å². The Morgan fingerprint density at radius 2 is 1.53 bits per heavy atom. The molecule has 2 aromatic carbocycles. The van der Waals surface area contributed by atoms with Crippen LogP contribution in [-0.2, 0) is 6.42 Å². The summed E-state index contributed by atoms with van der Waals surface area (Å²) in [6, 6.07) is 20.3. The van der Waals surface area contributed by atoms with Gasteiger partial charge in [-0.05, 0) is 66.7 Å². The van der Waals surface area contributed by atoms with Crippen LogP contribution in [0.3, 0.4) is 0 Å². The third kappa shape index (κ3) is 9.71. The van der Waals surface area contributed by atoms with E-state index < -0.39 is 0 Å². The van der Waals surface area contributed by atoms with Gasteiger partial charge in [0.2, 0.25) is 0 Å². The number of rotatable bonds is 11. The van der Waals surface area contributed by atoms with Crippen LogP contribution in [0.4, 0.5) is 0 Å². The molecule has 0 spiro atoms. The van der Waals surface area contributed by atoms with Gasteiger partial charge in [0.25, 0.3) is 0 Å². The van der Waals surface area contributed by atoms with Crippen molar-refractivity contribution in [3.8, 4) is 17.5 Å². The third-order valence-corrected chi connectivity index (χ3v) is 8.17. The maximum absolute atomic E-state index is 8.68. The fourth-order valence-corrected chi connectivity index (χ4v) is 5.62. The zero-order valence-corrected chi connectivity index (χ0v) is 23.9. The average Bonchev–Trinajstić information content (AvgIpc) is 2.98. The zero-order valence-electron chi connectivity index (χ0n) is 23.9. The molecule has 1 atom stereocenters. The maximum Gasteiger partial charge on any atom is 0.159 e. The molecule has 1 fully saturated rings. The van der Waals surface area contributed by atoms with Crippen LogP contribution in [0.1, 0.15) is 114 Å². The summed E-state index contributed by atoms with van der Waals surface area (Å²) in [5.41, 5.74) is 4.45. The molecular weight excluding hydrogens is 462 g/mol. The standard InChI is InChI=1S/C23H32N2.C12H15N/c1-3-4-6-9-19-12-14-20(15-13-19)18(2)22-16-24-23(25-17-22)21-10-7-5-8-11-21;1-2-3-4-6-11-7-5-8-12(9-11)10-13/h5,7-8,10-11,16-20H,3-4,6,9,12-15H2,1-2H3;5,7-9H,2-4,6H2,1H3. The van der Waals surface area contributed by atoms with Crippen molar-refractivity contribution >= 4 is 0 Å². The van der Waals surface area contributed by atoms with Gasteiger partial charge in [0, 0.05) is 18.0 Å². The van der Waals surface area contributed by atoms with E-state index in [-0.39, 0.29) is 0 Å². The lowest BCUT2D eigenvalue weighted by Gasteiger charge is -2.32. The number of aryl methyl sites for hydroxylation is 1. The number of hydrogen-bond donors (Lipinski definition) is 0. The number of unbranched alkanes of at least 4 members (excludes halogenated alkanes) is 4. The molecule has 1 aliphatic rings. The Bertz CT molecular complexity index is 1080. The second-order valence-electron chi connectivity index (χ2n) is 11.0. The van der Waals surface area contributed by atoms with E-state index in [1.165, 1.54) is 81.8 Å². The van der Waals surface area contributed by atoms with Crippen LogP contribution in [0.5, 0.6) is 0 Å². The van der Waals surface area contributed by atoms with Crippen LogP contribution in [-0.4, -0.2) is 9.97 Å². The molecule has 0 N–H and O–H groups in total. The Morgan fingerprint density at radius 1 is 0.842 bits per heavy atom. The van der Waals surface area contributed by atoms with Crippen LogP contribution >= 0.6 is 0 Å². The van der Waals surface area contributed by atoms with E-state index in [0.29, 0.717) is 5.92 Å². The molecule has 3 aromatic rings. The van der Waals surface area contributed by atoms with E-state index in [9.17, 15) is 0 Å². The molecule has 38 heavy (non-hydrogen) atoms.